The van der Waals surface area contributed by atoms with Crippen molar-refractivity contribution in [1.82, 2.24) is 0 Å². The van der Waals surface area contributed by atoms with E-state index in [1.54, 1.807) is 6.07 Å². The molecule has 0 atom stereocenters. The molecule has 0 saturated heterocycles. The van der Waals surface area contributed by atoms with E-state index in [2.05, 4.69) is 0 Å². The molecular weight excluding hydrogens is 189 g/mol. The van der Waals surface area contributed by atoms with Crippen molar-refractivity contribution in [2.24, 2.45) is 0 Å². The summed E-state index contributed by atoms with van der Waals surface area (Å²) in [4.78, 5) is 0. The molecule has 0 aliphatic rings. The van der Waals surface area contributed by atoms with Gasteiger partial charge in [-0.2, -0.15) is 0 Å². The Balaban J connectivity index is 2.64. The van der Waals surface area contributed by atoms with Crippen LogP contribution in [0, 0.1) is 12.7 Å². The van der Waals surface area contributed by atoms with Crippen LogP contribution < -0.4 is 5.73 Å². The van der Waals surface area contributed by atoms with Crippen molar-refractivity contribution >= 4 is 5.69 Å². The van der Waals surface area contributed by atoms with Crippen LogP contribution in [0.5, 0.6) is 0 Å². The lowest BCUT2D eigenvalue weighted by Crippen LogP contribution is -1.92. The van der Waals surface area contributed by atoms with Gasteiger partial charge < -0.3 is 5.73 Å². The number of hydrogen-bond donors (Lipinski definition) is 1. The van der Waals surface area contributed by atoms with Crippen molar-refractivity contribution in [3.05, 3.63) is 53.8 Å². The molecule has 0 unspecified atom stereocenters. The van der Waals surface area contributed by atoms with Gasteiger partial charge in [0, 0.05) is 11.3 Å². The quantitative estimate of drug-likeness (QED) is 0.703. The molecule has 0 heterocycles. The minimum atomic E-state index is -0.262. The van der Waals surface area contributed by atoms with Gasteiger partial charge in [-0.25, -0.2) is 4.39 Å². The van der Waals surface area contributed by atoms with Crippen LogP contribution in [0.3, 0.4) is 0 Å². The number of hydrogen-bond acceptors (Lipinski definition) is 1. The van der Waals surface area contributed by atoms with E-state index in [-0.39, 0.29) is 5.82 Å². The van der Waals surface area contributed by atoms with E-state index in [0.29, 0.717) is 5.69 Å². The van der Waals surface area contributed by atoms with Gasteiger partial charge in [0.25, 0.3) is 0 Å². The third-order valence-electron chi connectivity index (χ3n) is 2.45. The van der Waals surface area contributed by atoms with Crippen LogP contribution in [-0.2, 0) is 0 Å². The monoisotopic (exact) mass is 201 g/mol. The number of rotatable bonds is 1. The fourth-order valence-electron chi connectivity index (χ4n) is 1.64. The van der Waals surface area contributed by atoms with E-state index in [1.807, 2.05) is 31.2 Å². The average molecular weight is 201 g/mol. The summed E-state index contributed by atoms with van der Waals surface area (Å²) in [5.74, 6) is -0.262. The summed E-state index contributed by atoms with van der Waals surface area (Å²) in [7, 11) is 0. The molecule has 2 N–H and O–H groups in total. The maximum Gasteiger partial charge on any atom is 0.123 e. The number of anilines is 1. The normalized spacial score (nSPS) is 10.3. The van der Waals surface area contributed by atoms with Gasteiger partial charge in [-0.3, -0.25) is 0 Å². The molecule has 0 radical (unpaired) electrons. The van der Waals surface area contributed by atoms with Crippen LogP contribution in [0.25, 0.3) is 11.1 Å². The molecular formula is C13H12FN. The van der Waals surface area contributed by atoms with Crippen LogP contribution in [0.4, 0.5) is 10.1 Å². The molecule has 0 fully saturated rings. The molecule has 2 aromatic carbocycles. The number of aryl methyl sites for hydroxylation is 1. The molecule has 0 aliphatic heterocycles. The first-order valence-electron chi connectivity index (χ1n) is 4.79. The predicted octanol–water partition coefficient (Wildman–Crippen LogP) is 3.38. The topological polar surface area (TPSA) is 26.0 Å². The average Bonchev–Trinajstić information content (AvgIpc) is 2.23. The van der Waals surface area contributed by atoms with Crippen LogP contribution in [0.1, 0.15) is 5.56 Å². The first-order valence-corrected chi connectivity index (χ1v) is 4.79. The molecule has 0 aromatic heterocycles. The first-order chi connectivity index (χ1) is 7.18. The Hall–Kier alpha value is -1.83. The molecule has 0 bridgehead atoms. The van der Waals surface area contributed by atoms with Gasteiger partial charge in [0.1, 0.15) is 5.82 Å². The fourth-order valence-corrected chi connectivity index (χ4v) is 1.64. The molecule has 0 spiro atoms. The summed E-state index contributed by atoms with van der Waals surface area (Å²) in [6, 6.07) is 12.2. The number of nitrogens with two attached hydrogens (primary N) is 1. The van der Waals surface area contributed by atoms with Gasteiger partial charge in [-0.1, -0.05) is 24.3 Å². The van der Waals surface area contributed by atoms with Crippen LogP contribution in [0.2, 0.25) is 0 Å². The Morgan fingerprint density at radius 1 is 1.00 bits per heavy atom. The maximum atomic E-state index is 13.1. The number of halogens is 1. The van der Waals surface area contributed by atoms with Crippen molar-refractivity contribution in [2.75, 3.05) is 5.73 Å². The van der Waals surface area contributed by atoms with Gasteiger partial charge in [0.05, 0.1) is 0 Å². The van der Waals surface area contributed by atoms with E-state index >= 15 is 0 Å². The van der Waals surface area contributed by atoms with Crippen LogP contribution >= 0.6 is 0 Å². The second-order valence-electron chi connectivity index (χ2n) is 3.55. The third kappa shape index (κ3) is 1.84. The highest BCUT2D eigenvalue weighted by Crippen LogP contribution is 2.28. The zero-order chi connectivity index (χ0) is 10.8. The Kier molecular flexibility index (Phi) is 2.42. The Morgan fingerprint density at radius 3 is 2.47 bits per heavy atom. The van der Waals surface area contributed by atoms with Crippen molar-refractivity contribution in [3.8, 4) is 11.1 Å². The molecule has 15 heavy (non-hydrogen) atoms. The molecule has 2 heteroatoms. The highest BCUT2D eigenvalue weighted by Gasteiger charge is 2.05. The zero-order valence-corrected chi connectivity index (χ0v) is 8.50. The molecule has 0 aliphatic carbocycles. The minimum Gasteiger partial charge on any atom is -0.398 e. The Morgan fingerprint density at radius 2 is 1.73 bits per heavy atom. The van der Waals surface area contributed by atoms with Crippen LogP contribution in [-0.4, -0.2) is 0 Å². The zero-order valence-electron chi connectivity index (χ0n) is 8.50. The van der Waals surface area contributed by atoms with Crippen molar-refractivity contribution < 1.29 is 4.39 Å². The molecule has 1 nitrogen and oxygen atoms in total. The second-order valence-corrected chi connectivity index (χ2v) is 3.55. The van der Waals surface area contributed by atoms with E-state index in [1.165, 1.54) is 12.1 Å². The van der Waals surface area contributed by atoms with Gasteiger partial charge in [-0.15, -0.1) is 0 Å². The van der Waals surface area contributed by atoms with Crippen molar-refractivity contribution in [1.29, 1.82) is 0 Å². The summed E-state index contributed by atoms with van der Waals surface area (Å²) in [5.41, 5.74) is 9.26. The van der Waals surface area contributed by atoms with E-state index in [0.717, 1.165) is 16.7 Å². The van der Waals surface area contributed by atoms with E-state index in [4.69, 9.17) is 5.73 Å². The predicted molar refractivity (Wildman–Crippen MR) is 61.0 cm³/mol. The number of benzene rings is 2. The molecule has 2 rings (SSSR count). The first kappa shape index (κ1) is 9.71. The SMILES string of the molecule is Cc1ccccc1-c1cc(F)ccc1N. The van der Waals surface area contributed by atoms with Crippen molar-refractivity contribution in [3.63, 3.8) is 0 Å². The number of nitrogen functional groups attached to an aromatic ring is 1. The van der Waals surface area contributed by atoms with E-state index < -0.39 is 0 Å². The van der Waals surface area contributed by atoms with Crippen LogP contribution in [0.15, 0.2) is 42.5 Å². The summed E-state index contributed by atoms with van der Waals surface area (Å²) < 4.78 is 13.1. The van der Waals surface area contributed by atoms with Gasteiger partial charge in [0.15, 0.2) is 0 Å². The summed E-state index contributed by atoms with van der Waals surface area (Å²) in [5, 5.41) is 0. The third-order valence-corrected chi connectivity index (χ3v) is 2.45. The minimum absolute atomic E-state index is 0.262. The van der Waals surface area contributed by atoms with E-state index in [9.17, 15) is 4.39 Å². The lowest BCUT2D eigenvalue weighted by Gasteiger charge is -2.08. The second kappa shape index (κ2) is 3.73. The van der Waals surface area contributed by atoms with Gasteiger partial charge in [0.2, 0.25) is 0 Å². The fraction of sp³-hybridized carbons (Fsp3) is 0.0769. The van der Waals surface area contributed by atoms with Gasteiger partial charge >= 0.3 is 0 Å². The highest BCUT2D eigenvalue weighted by molar-refractivity contribution is 5.78. The molecule has 0 saturated carbocycles. The summed E-state index contributed by atoms with van der Waals surface area (Å²) in [6.45, 7) is 1.99. The largest absolute Gasteiger partial charge is 0.398 e. The lowest BCUT2D eigenvalue weighted by atomic mass is 9.99. The standard InChI is InChI=1S/C13H12FN/c1-9-4-2-3-5-11(9)12-8-10(14)6-7-13(12)15/h2-8H,15H2,1H3. The summed E-state index contributed by atoms with van der Waals surface area (Å²) >= 11 is 0. The molecule has 2 aromatic rings. The summed E-state index contributed by atoms with van der Waals surface area (Å²) in [6.07, 6.45) is 0. The highest BCUT2D eigenvalue weighted by atomic mass is 19.1. The Bertz CT molecular complexity index is 492. The lowest BCUT2D eigenvalue weighted by molar-refractivity contribution is 0.628. The molecule has 0 amide bonds. The Labute approximate surface area is 88.4 Å². The maximum absolute atomic E-state index is 13.1. The molecule has 76 valence electrons. The smallest absolute Gasteiger partial charge is 0.123 e. The van der Waals surface area contributed by atoms with Crippen molar-refractivity contribution in [2.45, 2.75) is 6.92 Å². The van der Waals surface area contributed by atoms with Gasteiger partial charge in [-0.05, 0) is 36.2 Å².